The minimum Gasteiger partial charge on any atom is -0.390 e. The van der Waals surface area contributed by atoms with E-state index in [1.165, 1.54) is 12.8 Å². The summed E-state index contributed by atoms with van der Waals surface area (Å²) in [4.78, 5) is 0. The quantitative estimate of drug-likeness (QED) is 0.656. The molecule has 2 nitrogen and oxygen atoms in total. The van der Waals surface area contributed by atoms with Crippen LogP contribution in [0.3, 0.4) is 0 Å². The Labute approximate surface area is 68.6 Å². The SMILES string of the molecule is CC(C)C(O)COCC1CC1. The van der Waals surface area contributed by atoms with Crippen molar-refractivity contribution in [2.75, 3.05) is 13.2 Å². The molecule has 0 spiro atoms. The zero-order valence-electron chi connectivity index (χ0n) is 7.42. The van der Waals surface area contributed by atoms with E-state index >= 15 is 0 Å². The average molecular weight is 158 g/mol. The Balaban J connectivity index is 1.92. The van der Waals surface area contributed by atoms with Crippen LogP contribution in [0.4, 0.5) is 0 Å². The minimum atomic E-state index is -0.284. The number of hydrogen-bond acceptors (Lipinski definition) is 2. The van der Waals surface area contributed by atoms with Crippen molar-refractivity contribution >= 4 is 0 Å². The van der Waals surface area contributed by atoms with Crippen molar-refractivity contribution in [1.82, 2.24) is 0 Å². The molecule has 0 aromatic carbocycles. The molecule has 0 heterocycles. The van der Waals surface area contributed by atoms with Gasteiger partial charge in [-0.15, -0.1) is 0 Å². The van der Waals surface area contributed by atoms with Crippen molar-refractivity contribution in [1.29, 1.82) is 0 Å². The molecule has 1 atom stereocenters. The van der Waals surface area contributed by atoms with E-state index in [0.29, 0.717) is 12.5 Å². The molecular weight excluding hydrogens is 140 g/mol. The third-order valence-corrected chi connectivity index (χ3v) is 2.11. The summed E-state index contributed by atoms with van der Waals surface area (Å²) in [7, 11) is 0. The van der Waals surface area contributed by atoms with Gasteiger partial charge in [-0.2, -0.15) is 0 Å². The zero-order chi connectivity index (χ0) is 8.27. The highest BCUT2D eigenvalue weighted by Gasteiger charge is 2.21. The van der Waals surface area contributed by atoms with Crippen molar-refractivity contribution in [3.05, 3.63) is 0 Å². The van der Waals surface area contributed by atoms with Crippen LogP contribution in [0, 0.1) is 11.8 Å². The van der Waals surface area contributed by atoms with E-state index in [-0.39, 0.29) is 6.10 Å². The molecule has 0 aromatic heterocycles. The Kier molecular flexibility index (Phi) is 3.34. The summed E-state index contributed by atoms with van der Waals surface area (Å²) in [5.74, 6) is 1.11. The third kappa shape index (κ3) is 3.73. The molecule has 0 saturated heterocycles. The van der Waals surface area contributed by atoms with Gasteiger partial charge in [-0.1, -0.05) is 13.8 Å². The third-order valence-electron chi connectivity index (χ3n) is 2.11. The summed E-state index contributed by atoms with van der Waals surface area (Å²) >= 11 is 0. The van der Waals surface area contributed by atoms with Gasteiger partial charge in [0.05, 0.1) is 12.7 Å². The summed E-state index contributed by atoms with van der Waals surface area (Å²) in [6.45, 7) is 5.37. The molecule has 1 aliphatic carbocycles. The van der Waals surface area contributed by atoms with Gasteiger partial charge in [-0.3, -0.25) is 0 Å². The predicted molar refractivity (Wildman–Crippen MR) is 44.4 cm³/mol. The molecule has 1 saturated carbocycles. The van der Waals surface area contributed by atoms with E-state index in [9.17, 15) is 5.11 Å². The van der Waals surface area contributed by atoms with Crippen molar-refractivity contribution in [2.24, 2.45) is 11.8 Å². The van der Waals surface area contributed by atoms with Gasteiger partial charge in [0, 0.05) is 6.61 Å². The van der Waals surface area contributed by atoms with Crippen LogP contribution in [0.2, 0.25) is 0 Å². The summed E-state index contributed by atoms with van der Waals surface area (Å²) in [6.07, 6.45) is 2.35. The number of ether oxygens (including phenoxy) is 1. The summed E-state index contributed by atoms with van der Waals surface area (Å²) < 4.78 is 5.33. The smallest absolute Gasteiger partial charge is 0.0796 e. The number of hydrogen-bond donors (Lipinski definition) is 1. The van der Waals surface area contributed by atoms with Crippen molar-refractivity contribution in [3.63, 3.8) is 0 Å². The van der Waals surface area contributed by atoms with Crippen LogP contribution in [0.1, 0.15) is 26.7 Å². The van der Waals surface area contributed by atoms with Crippen LogP contribution >= 0.6 is 0 Å². The van der Waals surface area contributed by atoms with Gasteiger partial charge in [0.25, 0.3) is 0 Å². The largest absolute Gasteiger partial charge is 0.390 e. The normalized spacial score (nSPS) is 20.7. The average Bonchev–Trinajstić information content (AvgIpc) is 2.71. The Morgan fingerprint density at radius 2 is 2.09 bits per heavy atom. The molecule has 0 radical (unpaired) electrons. The summed E-state index contributed by atoms with van der Waals surface area (Å²) in [5, 5.41) is 9.33. The Morgan fingerprint density at radius 1 is 1.45 bits per heavy atom. The highest BCUT2D eigenvalue weighted by molar-refractivity contribution is 4.72. The fourth-order valence-electron chi connectivity index (χ4n) is 0.832. The predicted octanol–water partition coefficient (Wildman–Crippen LogP) is 1.43. The molecule has 1 fully saturated rings. The molecule has 0 bridgehead atoms. The molecular formula is C9H18O2. The number of aliphatic hydroxyl groups is 1. The summed E-state index contributed by atoms with van der Waals surface area (Å²) in [5.41, 5.74) is 0. The van der Waals surface area contributed by atoms with Crippen molar-refractivity contribution in [2.45, 2.75) is 32.8 Å². The summed E-state index contributed by atoms with van der Waals surface area (Å²) in [6, 6.07) is 0. The first-order valence-electron chi connectivity index (χ1n) is 4.46. The maximum absolute atomic E-state index is 9.33. The fourth-order valence-corrected chi connectivity index (χ4v) is 0.832. The van der Waals surface area contributed by atoms with E-state index in [1.807, 2.05) is 13.8 Å². The Morgan fingerprint density at radius 3 is 2.55 bits per heavy atom. The van der Waals surface area contributed by atoms with Crippen LogP contribution in [-0.4, -0.2) is 24.4 Å². The molecule has 1 aliphatic rings. The second-order valence-electron chi connectivity index (χ2n) is 3.79. The highest BCUT2D eigenvalue weighted by Crippen LogP contribution is 2.28. The lowest BCUT2D eigenvalue weighted by Gasteiger charge is -2.13. The molecule has 0 aromatic rings. The van der Waals surface area contributed by atoms with Crippen LogP contribution in [-0.2, 0) is 4.74 Å². The first-order chi connectivity index (χ1) is 5.20. The molecule has 66 valence electrons. The molecule has 11 heavy (non-hydrogen) atoms. The monoisotopic (exact) mass is 158 g/mol. The molecule has 1 unspecified atom stereocenters. The highest BCUT2D eigenvalue weighted by atomic mass is 16.5. The van der Waals surface area contributed by atoms with Crippen molar-refractivity contribution < 1.29 is 9.84 Å². The van der Waals surface area contributed by atoms with E-state index in [0.717, 1.165) is 12.5 Å². The van der Waals surface area contributed by atoms with Gasteiger partial charge in [0.1, 0.15) is 0 Å². The van der Waals surface area contributed by atoms with E-state index < -0.39 is 0 Å². The second-order valence-corrected chi connectivity index (χ2v) is 3.79. The second kappa shape index (κ2) is 4.07. The lowest BCUT2D eigenvalue weighted by atomic mass is 10.1. The van der Waals surface area contributed by atoms with Gasteiger partial charge in [0.2, 0.25) is 0 Å². The lowest BCUT2D eigenvalue weighted by molar-refractivity contribution is 0.00953. The first-order valence-corrected chi connectivity index (χ1v) is 4.46. The molecule has 0 aliphatic heterocycles. The van der Waals surface area contributed by atoms with Crippen LogP contribution in [0.15, 0.2) is 0 Å². The lowest BCUT2D eigenvalue weighted by Crippen LogP contribution is -2.21. The van der Waals surface area contributed by atoms with E-state index in [4.69, 9.17) is 4.74 Å². The van der Waals surface area contributed by atoms with Gasteiger partial charge in [-0.05, 0) is 24.7 Å². The standard InChI is InChI=1S/C9H18O2/c1-7(2)9(10)6-11-5-8-3-4-8/h7-10H,3-6H2,1-2H3. The van der Waals surface area contributed by atoms with E-state index in [2.05, 4.69) is 0 Å². The topological polar surface area (TPSA) is 29.5 Å². The minimum absolute atomic E-state index is 0.284. The molecule has 2 heteroatoms. The molecule has 0 amide bonds. The van der Waals surface area contributed by atoms with Gasteiger partial charge in [0.15, 0.2) is 0 Å². The van der Waals surface area contributed by atoms with Crippen LogP contribution < -0.4 is 0 Å². The van der Waals surface area contributed by atoms with Gasteiger partial charge < -0.3 is 9.84 Å². The Hall–Kier alpha value is -0.0800. The van der Waals surface area contributed by atoms with Crippen LogP contribution in [0.5, 0.6) is 0 Å². The Bertz CT molecular complexity index is 108. The number of aliphatic hydroxyl groups excluding tert-OH is 1. The maximum Gasteiger partial charge on any atom is 0.0796 e. The van der Waals surface area contributed by atoms with Gasteiger partial charge in [-0.25, -0.2) is 0 Å². The van der Waals surface area contributed by atoms with Crippen LogP contribution in [0.25, 0.3) is 0 Å². The maximum atomic E-state index is 9.33. The molecule has 1 N–H and O–H groups in total. The van der Waals surface area contributed by atoms with Gasteiger partial charge >= 0.3 is 0 Å². The first kappa shape index (κ1) is 9.01. The number of rotatable bonds is 5. The molecule has 1 rings (SSSR count). The fraction of sp³-hybridized carbons (Fsp3) is 1.00. The van der Waals surface area contributed by atoms with E-state index in [1.54, 1.807) is 0 Å². The van der Waals surface area contributed by atoms with Crippen molar-refractivity contribution in [3.8, 4) is 0 Å². The zero-order valence-corrected chi connectivity index (χ0v) is 7.42.